The zero-order valence-corrected chi connectivity index (χ0v) is 10.4. The number of carbonyl (C=O) groups excluding carboxylic acids is 1. The van der Waals surface area contributed by atoms with Crippen molar-refractivity contribution in [2.45, 2.75) is 57.2 Å². The van der Waals surface area contributed by atoms with Crippen LogP contribution < -0.4 is 5.32 Å². The van der Waals surface area contributed by atoms with E-state index in [1.165, 1.54) is 25.7 Å². The fraction of sp³-hybridized carbons (Fsp3) is 0.917. The van der Waals surface area contributed by atoms with Gasteiger partial charge < -0.3 is 5.32 Å². The number of carbonyl (C=O) groups is 1. The molecule has 0 bridgehead atoms. The number of nitrogens with one attached hydrogen (secondary N) is 1. The molecule has 1 aliphatic carbocycles. The first-order chi connectivity index (χ1) is 7.18. The van der Waals surface area contributed by atoms with Gasteiger partial charge in [-0.1, -0.05) is 25.7 Å². The van der Waals surface area contributed by atoms with Gasteiger partial charge in [-0.05, 0) is 25.7 Å². The van der Waals surface area contributed by atoms with Gasteiger partial charge in [0.15, 0.2) is 0 Å². The molecule has 0 heterocycles. The second-order valence-electron chi connectivity index (χ2n) is 4.61. The Morgan fingerprint density at radius 3 is 2.73 bits per heavy atom. The fourth-order valence-electron chi connectivity index (χ4n) is 2.13. The second kappa shape index (κ2) is 7.10. The molecule has 15 heavy (non-hydrogen) atoms. The summed E-state index contributed by atoms with van der Waals surface area (Å²) < 4.78 is 0. The van der Waals surface area contributed by atoms with Crippen LogP contribution in [0, 0.1) is 5.92 Å². The first-order valence-corrected chi connectivity index (χ1v) is 6.53. The van der Waals surface area contributed by atoms with Crippen LogP contribution in [0.1, 0.15) is 51.9 Å². The maximum Gasteiger partial charge on any atom is 0.220 e. The Kier molecular flexibility index (Phi) is 6.07. The molecule has 0 saturated heterocycles. The Hall–Kier alpha value is -0.240. The molecule has 1 atom stereocenters. The van der Waals surface area contributed by atoms with Crippen LogP contribution in [0.5, 0.6) is 0 Å². The molecule has 0 spiro atoms. The SMILES string of the molecule is CC(Cl)CCNC(=O)CCC1CCCC1. The highest BCUT2D eigenvalue weighted by molar-refractivity contribution is 6.20. The van der Waals surface area contributed by atoms with Gasteiger partial charge in [-0.25, -0.2) is 0 Å². The lowest BCUT2D eigenvalue weighted by Gasteiger charge is -2.09. The lowest BCUT2D eigenvalue weighted by Crippen LogP contribution is -2.25. The summed E-state index contributed by atoms with van der Waals surface area (Å²) in [6.45, 7) is 2.67. The Bertz CT molecular complexity index is 188. The number of hydrogen-bond acceptors (Lipinski definition) is 1. The van der Waals surface area contributed by atoms with E-state index < -0.39 is 0 Å². The van der Waals surface area contributed by atoms with Crippen molar-refractivity contribution in [3.63, 3.8) is 0 Å². The predicted molar refractivity (Wildman–Crippen MR) is 64.1 cm³/mol. The van der Waals surface area contributed by atoms with E-state index >= 15 is 0 Å². The van der Waals surface area contributed by atoms with E-state index in [1.54, 1.807) is 0 Å². The third kappa shape index (κ3) is 6.03. The Morgan fingerprint density at radius 1 is 1.47 bits per heavy atom. The molecule has 1 amide bonds. The molecule has 1 N–H and O–H groups in total. The van der Waals surface area contributed by atoms with Gasteiger partial charge in [0.2, 0.25) is 5.91 Å². The van der Waals surface area contributed by atoms with E-state index in [9.17, 15) is 4.79 Å². The topological polar surface area (TPSA) is 29.1 Å². The summed E-state index contributed by atoms with van der Waals surface area (Å²) in [7, 11) is 0. The number of alkyl halides is 1. The minimum Gasteiger partial charge on any atom is -0.356 e. The van der Waals surface area contributed by atoms with E-state index in [2.05, 4.69) is 5.32 Å². The van der Waals surface area contributed by atoms with Gasteiger partial charge in [-0.3, -0.25) is 4.79 Å². The molecular weight excluding hydrogens is 210 g/mol. The summed E-state index contributed by atoms with van der Waals surface area (Å²) >= 11 is 5.79. The summed E-state index contributed by atoms with van der Waals surface area (Å²) in [5.74, 6) is 1.00. The average Bonchev–Trinajstić information content (AvgIpc) is 2.66. The van der Waals surface area contributed by atoms with Crippen molar-refractivity contribution in [1.82, 2.24) is 5.32 Å². The molecule has 1 saturated carbocycles. The monoisotopic (exact) mass is 231 g/mol. The molecule has 0 aromatic heterocycles. The Morgan fingerprint density at radius 2 is 2.13 bits per heavy atom. The van der Waals surface area contributed by atoms with Crippen molar-refractivity contribution in [3.8, 4) is 0 Å². The molecule has 0 radical (unpaired) electrons. The summed E-state index contributed by atoms with van der Waals surface area (Å²) in [6, 6.07) is 0. The average molecular weight is 232 g/mol. The van der Waals surface area contributed by atoms with Crippen molar-refractivity contribution in [2.75, 3.05) is 6.54 Å². The summed E-state index contributed by atoms with van der Waals surface area (Å²) in [4.78, 5) is 11.4. The van der Waals surface area contributed by atoms with Crippen LogP contribution in [0.4, 0.5) is 0 Å². The molecule has 0 aromatic rings. The van der Waals surface area contributed by atoms with E-state index in [-0.39, 0.29) is 11.3 Å². The smallest absolute Gasteiger partial charge is 0.220 e. The highest BCUT2D eigenvalue weighted by Crippen LogP contribution is 2.28. The predicted octanol–water partition coefficient (Wildman–Crippen LogP) is 3.09. The third-order valence-corrected chi connectivity index (χ3v) is 3.34. The summed E-state index contributed by atoms with van der Waals surface area (Å²) in [6.07, 6.45) is 7.99. The van der Waals surface area contributed by atoms with Crippen LogP contribution in [-0.2, 0) is 4.79 Å². The zero-order valence-electron chi connectivity index (χ0n) is 9.60. The van der Waals surface area contributed by atoms with Crippen LogP contribution in [0.15, 0.2) is 0 Å². The normalized spacial score (nSPS) is 19.1. The molecule has 1 unspecified atom stereocenters. The van der Waals surface area contributed by atoms with Gasteiger partial charge in [-0.2, -0.15) is 0 Å². The van der Waals surface area contributed by atoms with Gasteiger partial charge in [-0.15, -0.1) is 11.6 Å². The van der Waals surface area contributed by atoms with Crippen molar-refractivity contribution in [2.24, 2.45) is 5.92 Å². The molecule has 1 rings (SSSR count). The third-order valence-electron chi connectivity index (χ3n) is 3.12. The Balaban J connectivity index is 1.98. The van der Waals surface area contributed by atoms with Gasteiger partial charge in [0.05, 0.1) is 0 Å². The van der Waals surface area contributed by atoms with Crippen LogP contribution in [-0.4, -0.2) is 17.8 Å². The second-order valence-corrected chi connectivity index (χ2v) is 5.35. The molecule has 1 fully saturated rings. The summed E-state index contributed by atoms with van der Waals surface area (Å²) in [5.41, 5.74) is 0. The summed E-state index contributed by atoms with van der Waals surface area (Å²) in [5, 5.41) is 3.07. The minimum atomic E-state index is 0.153. The van der Waals surface area contributed by atoms with Crippen molar-refractivity contribution < 1.29 is 4.79 Å². The largest absolute Gasteiger partial charge is 0.356 e. The molecule has 2 nitrogen and oxygen atoms in total. The number of amides is 1. The molecular formula is C12H22ClNO. The maximum absolute atomic E-state index is 11.4. The van der Waals surface area contributed by atoms with Crippen LogP contribution in [0.3, 0.4) is 0 Å². The number of halogens is 1. The first-order valence-electron chi connectivity index (χ1n) is 6.09. The molecule has 0 aliphatic heterocycles. The molecule has 0 aromatic carbocycles. The van der Waals surface area contributed by atoms with Gasteiger partial charge in [0.25, 0.3) is 0 Å². The van der Waals surface area contributed by atoms with E-state index in [1.807, 2.05) is 6.92 Å². The quantitative estimate of drug-likeness (QED) is 0.700. The Labute approximate surface area is 97.8 Å². The van der Waals surface area contributed by atoms with E-state index in [4.69, 9.17) is 11.6 Å². The molecule has 1 aliphatic rings. The fourth-order valence-corrected chi connectivity index (χ4v) is 2.24. The molecule has 88 valence electrons. The van der Waals surface area contributed by atoms with Crippen molar-refractivity contribution in [1.29, 1.82) is 0 Å². The lowest BCUT2D eigenvalue weighted by molar-refractivity contribution is -0.121. The van der Waals surface area contributed by atoms with E-state index in [0.29, 0.717) is 13.0 Å². The van der Waals surface area contributed by atoms with Gasteiger partial charge >= 0.3 is 0 Å². The van der Waals surface area contributed by atoms with E-state index in [0.717, 1.165) is 18.8 Å². The standard InChI is InChI=1S/C12H22ClNO/c1-10(13)8-9-14-12(15)7-6-11-4-2-3-5-11/h10-11H,2-9H2,1H3,(H,14,15). The van der Waals surface area contributed by atoms with Crippen LogP contribution >= 0.6 is 11.6 Å². The lowest BCUT2D eigenvalue weighted by atomic mass is 10.0. The first kappa shape index (κ1) is 12.8. The highest BCUT2D eigenvalue weighted by Gasteiger charge is 2.15. The van der Waals surface area contributed by atoms with Crippen LogP contribution in [0.2, 0.25) is 0 Å². The zero-order chi connectivity index (χ0) is 11.1. The number of rotatable bonds is 6. The minimum absolute atomic E-state index is 0.153. The molecule has 3 heteroatoms. The van der Waals surface area contributed by atoms with Gasteiger partial charge in [0.1, 0.15) is 0 Å². The van der Waals surface area contributed by atoms with Crippen molar-refractivity contribution >= 4 is 17.5 Å². The van der Waals surface area contributed by atoms with Crippen LogP contribution in [0.25, 0.3) is 0 Å². The van der Waals surface area contributed by atoms with Gasteiger partial charge in [0, 0.05) is 18.3 Å². The highest BCUT2D eigenvalue weighted by atomic mass is 35.5. The van der Waals surface area contributed by atoms with Crippen molar-refractivity contribution in [3.05, 3.63) is 0 Å². The maximum atomic E-state index is 11.4. The number of hydrogen-bond donors (Lipinski definition) is 1.